The fraction of sp³-hybridized carbons (Fsp3) is 0.350. The number of hydrogen-bond donors (Lipinski definition) is 4. The maximum absolute atomic E-state index is 13.4. The summed E-state index contributed by atoms with van der Waals surface area (Å²) >= 11 is 0. The summed E-state index contributed by atoms with van der Waals surface area (Å²) in [4.78, 5) is 12.3. The Bertz CT molecular complexity index is 1090. The molecule has 1 saturated carbocycles. The predicted octanol–water partition coefficient (Wildman–Crippen LogP) is 2.83. The van der Waals surface area contributed by atoms with Crippen molar-refractivity contribution >= 4 is 27.3 Å². The van der Waals surface area contributed by atoms with Gasteiger partial charge in [-0.25, -0.2) is 26.3 Å². The van der Waals surface area contributed by atoms with Crippen LogP contribution in [0.25, 0.3) is 0 Å². The normalized spacial score (nSPS) is 19.3. The topological polar surface area (TPSA) is 122 Å². The average molecular weight is 457 g/mol. The first-order valence-electron chi connectivity index (χ1n) is 9.54. The fourth-order valence-electron chi connectivity index (χ4n) is 3.49. The molecule has 1 fully saturated rings. The standard InChI is InChI=1S/C20H22F3N3O4S/c1-10-6-17(24)18(31(29,30)26-11-2-4-13(27)5-3-11)9-14(10)20(28)25-12-7-15(21)19(23)16(22)8-12/h6-9,11,13,26-27H,2-5,24H2,1H3,(H,25,28). The van der Waals surface area contributed by atoms with Gasteiger partial charge in [0.25, 0.3) is 5.91 Å². The third-order valence-corrected chi connectivity index (χ3v) is 6.73. The quantitative estimate of drug-likeness (QED) is 0.406. The molecule has 0 aliphatic heterocycles. The van der Waals surface area contributed by atoms with Crippen molar-refractivity contribution in [2.24, 2.45) is 0 Å². The molecule has 0 aromatic heterocycles. The molecule has 0 spiro atoms. The summed E-state index contributed by atoms with van der Waals surface area (Å²) in [5.74, 6) is -5.47. The number of nitrogens with two attached hydrogens (primary N) is 1. The number of halogens is 3. The van der Waals surface area contributed by atoms with Gasteiger partial charge in [-0.15, -0.1) is 0 Å². The number of rotatable bonds is 5. The number of nitrogen functional groups attached to an aromatic ring is 1. The minimum Gasteiger partial charge on any atom is -0.398 e. The van der Waals surface area contributed by atoms with E-state index in [1.165, 1.54) is 13.0 Å². The van der Waals surface area contributed by atoms with Gasteiger partial charge in [-0.05, 0) is 50.3 Å². The average Bonchev–Trinajstić information content (AvgIpc) is 2.67. The van der Waals surface area contributed by atoms with Crippen LogP contribution in [0.3, 0.4) is 0 Å². The second-order valence-electron chi connectivity index (χ2n) is 7.54. The second-order valence-corrected chi connectivity index (χ2v) is 9.22. The van der Waals surface area contributed by atoms with Crippen molar-refractivity contribution in [1.82, 2.24) is 4.72 Å². The van der Waals surface area contributed by atoms with Crippen LogP contribution in [0.4, 0.5) is 24.5 Å². The molecule has 0 unspecified atom stereocenters. The molecular formula is C20H22F3N3O4S. The minimum absolute atomic E-state index is 0.0729. The van der Waals surface area contributed by atoms with Crippen molar-refractivity contribution in [3.05, 3.63) is 52.8 Å². The molecule has 1 aliphatic carbocycles. The first-order valence-corrected chi connectivity index (χ1v) is 11.0. The van der Waals surface area contributed by atoms with E-state index in [1.807, 2.05) is 0 Å². The van der Waals surface area contributed by atoms with Gasteiger partial charge in [0.05, 0.1) is 11.8 Å². The summed E-state index contributed by atoms with van der Waals surface area (Å²) < 4.78 is 68.2. The number of benzene rings is 2. The van der Waals surface area contributed by atoms with Gasteiger partial charge in [-0.1, -0.05) is 0 Å². The molecule has 0 saturated heterocycles. The van der Waals surface area contributed by atoms with Gasteiger partial charge in [-0.3, -0.25) is 4.79 Å². The van der Waals surface area contributed by atoms with Crippen LogP contribution < -0.4 is 15.8 Å². The SMILES string of the molecule is Cc1cc(N)c(S(=O)(=O)NC2CCC(O)CC2)cc1C(=O)Nc1cc(F)c(F)c(F)c1. The number of amides is 1. The molecule has 168 valence electrons. The molecule has 2 aromatic rings. The summed E-state index contributed by atoms with van der Waals surface area (Å²) in [6.45, 7) is 1.52. The minimum atomic E-state index is -4.08. The van der Waals surface area contributed by atoms with E-state index in [2.05, 4.69) is 10.0 Å². The number of carbonyl (C=O) groups is 1. The smallest absolute Gasteiger partial charge is 0.255 e. The Morgan fingerprint density at radius 1 is 1.06 bits per heavy atom. The van der Waals surface area contributed by atoms with Crippen LogP contribution in [0.1, 0.15) is 41.6 Å². The van der Waals surface area contributed by atoms with E-state index in [4.69, 9.17) is 5.73 Å². The van der Waals surface area contributed by atoms with Crippen molar-refractivity contribution in [1.29, 1.82) is 0 Å². The lowest BCUT2D eigenvalue weighted by atomic mass is 9.94. The number of sulfonamides is 1. The van der Waals surface area contributed by atoms with Gasteiger partial charge in [0.15, 0.2) is 17.5 Å². The summed E-state index contributed by atoms with van der Waals surface area (Å²) in [6, 6.07) is 3.23. The summed E-state index contributed by atoms with van der Waals surface area (Å²) in [7, 11) is -4.08. The molecule has 3 rings (SSSR count). The number of aryl methyl sites for hydroxylation is 1. The zero-order valence-electron chi connectivity index (χ0n) is 16.6. The van der Waals surface area contributed by atoms with Gasteiger partial charge in [0.2, 0.25) is 10.0 Å². The van der Waals surface area contributed by atoms with Crippen LogP contribution in [-0.2, 0) is 10.0 Å². The highest BCUT2D eigenvalue weighted by atomic mass is 32.2. The van der Waals surface area contributed by atoms with E-state index < -0.39 is 39.5 Å². The molecule has 31 heavy (non-hydrogen) atoms. The largest absolute Gasteiger partial charge is 0.398 e. The lowest BCUT2D eigenvalue weighted by Gasteiger charge is -2.26. The first kappa shape index (κ1) is 23.0. The van der Waals surface area contributed by atoms with Crippen LogP contribution >= 0.6 is 0 Å². The third kappa shape index (κ3) is 5.17. The number of anilines is 2. The van der Waals surface area contributed by atoms with Crippen LogP contribution in [0.2, 0.25) is 0 Å². The van der Waals surface area contributed by atoms with Gasteiger partial charge >= 0.3 is 0 Å². The summed E-state index contributed by atoms with van der Waals surface area (Å²) in [5, 5.41) is 11.8. The molecule has 0 heterocycles. The molecule has 7 nitrogen and oxygen atoms in total. The maximum Gasteiger partial charge on any atom is 0.255 e. The Hall–Kier alpha value is -2.63. The molecule has 2 aromatic carbocycles. The number of hydrogen-bond acceptors (Lipinski definition) is 5. The third-order valence-electron chi connectivity index (χ3n) is 5.15. The van der Waals surface area contributed by atoms with Gasteiger partial charge in [-0.2, -0.15) is 0 Å². The van der Waals surface area contributed by atoms with E-state index in [9.17, 15) is 31.5 Å². The Morgan fingerprint density at radius 3 is 2.23 bits per heavy atom. The number of nitrogens with one attached hydrogen (secondary N) is 2. The second kappa shape index (κ2) is 8.85. The number of carbonyl (C=O) groups excluding carboxylic acids is 1. The molecule has 1 aliphatic rings. The van der Waals surface area contributed by atoms with E-state index in [-0.39, 0.29) is 27.9 Å². The molecule has 0 bridgehead atoms. The number of aliphatic hydroxyl groups excluding tert-OH is 1. The zero-order valence-corrected chi connectivity index (χ0v) is 17.4. The van der Waals surface area contributed by atoms with Crippen molar-refractivity contribution in [2.75, 3.05) is 11.1 Å². The van der Waals surface area contributed by atoms with E-state index in [0.717, 1.165) is 6.07 Å². The lowest BCUT2D eigenvalue weighted by Crippen LogP contribution is -2.38. The monoisotopic (exact) mass is 457 g/mol. The van der Waals surface area contributed by atoms with E-state index >= 15 is 0 Å². The first-order chi connectivity index (χ1) is 14.5. The van der Waals surface area contributed by atoms with Crippen LogP contribution in [0.15, 0.2) is 29.2 Å². The lowest BCUT2D eigenvalue weighted by molar-refractivity contribution is 0.102. The Labute approximate surface area is 177 Å². The Balaban J connectivity index is 1.87. The maximum atomic E-state index is 13.4. The van der Waals surface area contributed by atoms with Crippen LogP contribution in [-0.4, -0.2) is 31.6 Å². The Morgan fingerprint density at radius 2 is 1.65 bits per heavy atom. The van der Waals surface area contributed by atoms with Gasteiger partial charge in [0.1, 0.15) is 4.90 Å². The van der Waals surface area contributed by atoms with Gasteiger partial charge in [0, 0.05) is 29.4 Å². The van der Waals surface area contributed by atoms with E-state index in [1.54, 1.807) is 0 Å². The highest BCUT2D eigenvalue weighted by molar-refractivity contribution is 7.89. The Kier molecular flexibility index (Phi) is 6.58. The molecule has 11 heteroatoms. The molecule has 1 amide bonds. The van der Waals surface area contributed by atoms with Crippen molar-refractivity contribution < 1.29 is 31.5 Å². The molecular weight excluding hydrogens is 435 g/mol. The fourth-order valence-corrected chi connectivity index (χ4v) is 4.93. The molecule has 5 N–H and O–H groups in total. The summed E-state index contributed by atoms with van der Waals surface area (Å²) in [6.07, 6.45) is 1.40. The van der Waals surface area contributed by atoms with Crippen molar-refractivity contribution in [3.63, 3.8) is 0 Å². The van der Waals surface area contributed by atoms with Crippen LogP contribution in [0, 0.1) is 24.4 Å². The van der Waals surface area contributed by atoms with E-state index in [0.29, 0.717) is 43.4 Å². The summed E-state index contributed by atoms with van der Waals surface area (Å²) in [5.41, 5.74) is 5.72. The van der Waals surface area contributed by atoms with Crippen molar-refractivity contribution in [3.8, 4) is 0 Å². The zero-order chi connectivity index (χ0) is 22.9. The molecule has 0 radical (unpaired) electrons. The molecule has 0 atom stereocenters. The van der Waals surface area contributed by atoms with Crippen LogP contribution in [0.5, 0.6) is 0 Å². The highest BCUT2D eigenvalue weighted by Crippen LogP contribution is 2.27. The number of aliphatic hydroxyl groups is 1. The van der Waals surface area contributed by atoms with Gasteiger partial charge < -0.3 is 16.2 Å². The predicted molar refractivity (Wildman–Crippen MR) is 108 cm³/mol. The van der Waals surface area contributed by atoms with Crippen molar-refractivity contribution in [2.45, 2.75) is 49.6 Å². The highest BCUT2D eigenvalue weighted by Gasteiger charge is 2.27.